The number of rotatable bonds is 5. The van der Waals surface area contributed by atoms with Crippen molar-refractivity contribution in [3.05, 3.63) is 35.4 Å². The largest absolute Gasteiger partial charge is 0.444 e. The van der Waals surface area contributed by atoms with E-state index in [1.807, 2.05) is 0 Å². The number of hydrogen-bond donors (Lipinski definition) is 2. The van der Waals surface area contributed by atoms with Crippen LogP contribution in [0.4, 0.5) is 13.6 Å². The highest BCUT2D eigenvalue weighted by Gasteiger charge is 2.19. The summed E-state index contributed by atoms with van der Waals surface area (Å²) in [4.78, 5) is 23.3. The van der Waals surface area contributed by atoms with Crippen LogP contribution in [-0.2, 0) is 16.1 Å². The third kappa shape index (κ3) is 7.58. The molecule has 128 valence electrons. The SMILES string of the molecule is CC(CC(=O)NCc1cc(F)ccc1F)NC(=O)OC(C)(C)C. The molecule has 5 nitrogen and oxygen atoms in total. The van der Waals surface area contributed by atoms with Gasteiger partial charge in [-0.2, -0.15) is 0 Å². The lowest BCUT2D eigenvalue weighted by Crippen LogP contribution is -2.40. The first-order chi connectivity index (χ1) is 10.6. The minimum Gasteiger partial charge on any atom is -0.444 e. The molecule has 0 bridgehead atoms. The van der Waals surface area contributed by atoms with E-state index in [0.29, 0.717) is 0 Å². The average Bonchev–Trinajstić information content (AvgIpc) is 2.37. The van der Waals surface area contributed by atoms with Crippen LogP contribution in [0.3, 0.4) is 0 Å². The van der Waals surface area contributed by atoms with Gasteiger partial charge in [0.15, 0.2) is 0 Å². The van der Waals surface area contributed by atoms with E-state index in [1.54, 1.807) is 27.7 Å². The van der Waals surface area contributed by atoms with Crippen LogP contribution in [-0.4, -0.2) is 23.6 Å². The van der Waals surface area contributed by atoms with Gasteiger partial charge < -0.3 is 15.4 Å². The Labute approximate surface area is 134 Å². The van der Waals surface area contributed by atoms with Crippen LogP contribution >= 0.6 is 0 Å². The molecule has 0 spiro atoms. The molecule has 1 aromatic carbocycles. The van der Waals surface area contributed by atoms with Crippen LogP contribution in [0, 0.1) is 11.6 Å². The third-order valence-electron chi connectivity index (χ3n) is 2.74. The highest BCUT2D eigenvalue weighted by molar-refractivity contribution is 5.77. The molecular formula is C16H22F2N2O3. The van der Waals surface area contributed by atoms with Crippen molar-refractivity contribution in [1.82, 2.24) is 10.6 Å². The summed E-state index contributed by atoms with van der Waals surface area (Å²) in [5.74, 6) is -1.56. The zero-order valence-corrected chi connectivity index (χ0v) is 13.7. The van der Waals surface area contributed by atoms with Gasteiger partial charge in [-0.05, 0) is 45.9 Å². The van der Waals surface area contributed by atoms with Crippen LogP contribution in [0.5, 0.6) is 0 Å². The lowest BCUT2D eigenvalue weighted by Gasteiger charge is -2.21. The van der Waals surface area contributed by atoms with Crippen molar-refractivity contribution in [3.63, 3.8) is 0 Å². The van der Waals surface area contributed by atoms with E-state index in [2.05, 4.69) is 10.6 Å². The zero-order valence-electron chi connectivity index (χ0n) is 13.7. The highest BCUT2D eigenvalue weighted by atomic mass is 19.1. The lowest BCUT2D eigenvalue weighted by molar-refractivity contribution is -0.121. The number of ether oxygens (including phenoxy) is 1. The van der Waals surface area contributed by atoms with Crippen molar-refractivity contribution in [2.75, 3.05) is 0 Å². The maximum Gasteiger partial charge on any atom is 0.407 e. The van der Waals surface area contributed by atoms with Gasteiger partial charge in [0.1, 0.15) is 17.2 Å². The minimum atomic E-state index is -0.624. The molecular weight excluding hydrogens is 306 g/mol. The van der Waals surface area contributed by atoms with Crippen LogP contribution in [0.1, 0.15) is 39.7 Å². The molecule has 0 radical (unpaired) electrons. The molecule has 0 saturated carbocycles. The molecule has 23 heavy (non-hydrogen) atoms. The van der Waals surface area contributed by atoms with Crippen molar-refractivity contribution in [1.29, 1.82) is 0 Å². The molecule has 2 N–H and O–H groups in total. The molecule has 0 aliphatic carbocycles. The summed E-state index contributed by atoms with van der Waals surface area (Å²) in [5, 5.41) is 5.01. The van der Waals surface area contributed by atoms with Gasteiger partial charge in [-0.3, -0.25) is 4.79 Å². The van der Waals surface area contributed by atoms with Crippen molar-refractivity contribution >= 4 is 12.0 Å². The minimum absolute atomic E-state index is 0.00379. The van der Waals surface area contributed by atoms with Gasteiger partial charge in [0.25, 0.3) is 0 Å². The summed E-state index contributed by atoms with van der Waals surface area (Å²) in [7, 11) is 0. The van der Waals surface area contributed by atoms with E-state index in [4.69, 9.17) is 4.74 Å². The number of carbonyl (C=O) groups is 2. The van der Waals surface area contributed by atoms with Gasteiger partial charge in [0.05, 0.1) is 0 Å². The molecule has 1 aromatic rings. The Morgan fingerprint density at radius 3 is 2.52 bits per heavy atom. The molecule has 1 unspecified atom stereocenters. The summed E-state index contributed by atoms with van der Waals surface area (Å²) in [6.45, 7) is 6.72. The second-order valence-corrected chi connectivity index (χ2v) is 6.26. The normalized spacial score (nSPS) is 12.4. The summed E-state index contributed by atoms with van der Waals surface area (Å²) in [6.07, 6.45) is -0.620. The number of hydrogen-bond acceptors (Lipinski definition) is 3. The molecule has 0 saturated heterocycles. The zero-order chi connectivity index (χ0) is 17.6. The molecule has 1 atom stereocenters. The molecule has 0 aliphatic heterocycles. The highest BCUT2D eigenvalue weighted by Crippen LogP contribution is 2.10. The Morgan fingerprint density at radius 2 is 1.91 bits per heavy atom. The first-order valence-electron chi connectivity index (χ1n) is 7.27. The summed E-state index contributed by atoms with van der Waals surface area (Å²) >= 11 is 0. The van der Waals surface area contributed by atoms with Crippen LogP contribution < -0.4 is 10.6 Å². The Kier molecular flexibility index (Phi) is 6.48. The van der Waals surface area contributed by atoms with Gasteiger partial charge in [0, 0.05) is 24.6 Å². The molecule has 0 heterocycles. The summed E-state index contributed by atoms with van der Waals surface area (Å²) < 4.78 is 31.5. The predicted octanol–water partition coefficient (Wildman–Crippen LogP) is 2.88. The Balaban J connectivity index is 2.41. The maximum absolute atomic E-state index is 13.4. The number of nitrogens with one attached hydrogen (secondary N) is 2. The van der Waals surface area contributed by atoms with Crippen LogP contribution in [0.2, 0.25) is 0 Å². The van der Waals surface area contributed by atoms with Gasteiger partial charge in [-0.15, -0.1) is 0 Å². The standard InChI is InChI=1S/C16H22F2N2O3/c1-10(20-15(22)23-16(2,3)4)7-14(21)19-9-11-8-12(17)5-6-13(11)18/h5-6,8,10H,7,9H2,1-4H3,(H,19,21)(H,20,22). The molecule has 7 heteroatoms. The molecule has 2 amide bonds. The fourth-order valence-corrected chi connectivity index (χ4v) is 1.78. The van der Waals surface area contributed by atoms with E-state index in [9.17, 15) is 18.4 Å². The number of benzene rings is 1. The van der Waals surface area contributed by atoms with Gasteiger partial charge in [-0.1, -0.05) is 0 Å². The van der Waals surface area contributed by atoms with E-state index in [0.717, 1.165) is 18.2 Å². The van der Waals surface area contributed by atoms with Gasteiger partial charge in [0.2, 0.25) is 5.91 Å². The van der Waals surface area contributed by atoms with Crippen LogP contribution in [0.25, 0.3) is 0 Å². The fraction of sp³-hybridized carbons (Fsp3) is 0.500. The Morgan fingerprint density at radius 1 is 1.26 bits per heavy atom. The van der Waals surface area contributed by atoms with Crippen molar-refractivity contribution in [2.45, 2.75) is 52.3 Å². The van der Waals surface area contributed by atoms with E-state index in [1.165, 1.54) is 0 Å². The van der Waals surface area contributed by atoms with Crippen LogP contribution in [0.15, 0.2) is 18.2 Å². The first-order valence-corrected chi connectivity index (χ1v) is 7.27. The van der Waals surface area contributed by atoms with E-state index >= 15 is 0 Å². The van der Waals surface area contributed by atoms with Crippen molar-refractivity contribution in [2.24, 2.45) is 0 Å². The molecule has 0 fully saturated rings. The smallest absolute Gasteiger partial charge is 0.407 e. The molecule has 0 aliphatic rings. The number of carbonyl (C=O) groups excluding carboxylic acids is 2. The summed E-state index contributed by atoms with van der Waals surface area (Å²) in [6, 6.07) is 2.58. The average molecular weight is 328 g/mol. The number of amides is 2. The number of halogens is 2. The monoisotopic (exact) mass is 328 g/mol. The fourth-order valence-electron chi connectivity index (χ4n) is 1.78. The second-order valence-electron chi connectivity index (χ2n) is 6.26. The lowest BCUT2D eigenvalue weighted by atomic mass is 10.2. The Hall–Kier alpha value is -2.18. The van der Waals surface area contributed by atoms with E-state index in [-0.39, 0.29) is 18.5 Å². The van der Waals surface area contributed by atoms with Gasteiger partial charge >= 0.3 is 6.09 Å². The Bertz CT molecular complexity index is 571. The predicted molar refractivity (Wildman–Crippen MR) is 81.7 cm³/mol. The topological polar surface area (TPSA) is 67.4 Å². The van der Waals surface area contributed by atoms with Crippen molar-refractivity contribution < 1.29 is 23.1 Å². The third-order valence-corrected chi connectivity index (χ3v) is 2.74. The quantitative estimate of drug-likeness (QED) is 0.873. The maximum atomic E-state index is 13.4. The second kappa shape index (κ2) is 7.89. The van der Waals surface area contributed by atoms with Crippen molar-refractivity contribution in [3.8, 4) is 0 Å². The van der Waals surface area contributed by atoms with E-state index < -0.39 is 35.3 Å². The molecule has 0 aromatic heterocycles. The molecule has 1 rings (SSSR count). The first kappa shape index (κ1) is 18.9. The van der Waals surface area contributed by atoms with Gasteiger partial charge in [-0.25, -0.2) is 13.6 Å². The number of alkyl carbamates (subject to hydrolysis) is 1. The summed E-state index contributed by atoms with van der Waals surface area (Å²) in [5.41, 5.74) is -0.563.